The highest BCUT2D eigenvalue weighted by Gasteiger charge is 2.11. The third-order valence-corrected chi connectivity index (χ3v) is 3.16. The smallest absolute Gasteiger partial charge is 0.255 e. The molecule has 3 heteroatoms. The van der Waals surface area contributed by atoms with Crippen molar-refractivity contribution < 1.29 is 9.90 Å². The zero-order valence-corrected chi connectivity index (χ0v) is 12.1. The van der Waals surface area contributed by atoms with Gasteiger partial charge in [0.1, 0.15) is 6.61 Å². The number of hydrogen-bond donors (Lipinski definition) is 2. The maximum absolute atomic E-state index is 12.4. The molecule has 0 atom stereocenters. The van der Waals surface area contributed by atoms with E-state index in [1.165, 1.54) is 0 Å². The summed E-state index contributed by atoms with van der Waals surface area (Å²) in [7, 11) is 0. The van der Waals surface area contributed by atoms with E-state index in [0.717, 1.165) is 22.4 Å². The molecular formula is C18H17NO2. The number of benzene rings is 2. The molecule has 2 rings (SSSR count). The monoisotopic (exact) mass is 279 g/mol. The van der Waals surface area contributed by atoms with Gasteiger partial charge in [-0.2, -0.15) is 0 Å². The molecular weight excluding hydrogens is 262 g/mol. The summed E-state index contributed by atoms with van der Waals surface area (Å²) in [4.78, 5) is 12.4. The van der Waals surface area contributed by atoms with E-state index in [-0.39, 0.29) is 12.5 Å². The van der Waals surface area contributed by atoms with Gasteiger partial charge in [-0.15, -0.1) is 0 Å². The molecule has 2 N–H and O–H groups in total. The van der Waals surface area contributed by atoms with E-state index >= 15 is 0 Å². The van der Waals surface area contributed by atoms with E-state index in [1.807, 2.05) is 44.2 Å². The van der Waals surface area contributed by atoms with E-state index in [2.05, 4.69) is 17.2 Å². The van der Waals surface area contributed by atoms with Crippen molar-refractivity contribution in [3.05, 3.63) is 64.7 Å². The van der Waals surface area contributed by atoms with Gasteiger partial charge in [0.2, 0.25) is 0 Å². The zero-order chi connectivity index (χ0) is 15.2. The SMILES string of the molecule is Cc1cccc(NC(=O)c2cccc(C#CCO)c2C)c1. The van der Waals surface area contributed by atoms with Crippen LogP contribution in [0.3, 0.4) is 0 Å². The highest BCUT2D eigenvalue weighted by Crippen LogP contribution is 2.16. The Labute approximate surface area is 124 Å². The van der Waals surface area contributed by atoms with Crippen LogP contribution in [0.5, 0.6) is 0 Å². The molecule has 21 heavy (non-hydrogen) atoms. The maximum atomic E-state index is 12.4. The lowest BCUT2D eigenvalue weighted by Crippen LogP contribution is -2.14. The summed E-state index contributed by atoms with van der Waals surface area (Å²) in [5.74, 6) is 5.29. The molecule has 0 spiro atoms. The van der Waals surface area contributed by atoms with Gasteiger partial charge < -0.3 is 10.4 Å². The van der Waals surface area contributed by atoms with Gasteiger partial charge in [0.15, 0.2) is 0 Å². The minimum atomic E-state index is -0.195. The Kier molecular flexibility index (Phi) is 4.76. The standard InChI is InChI=1S/C18H17NO2/c1-13-6-3-9-16(12-13)19-18(21)17-10-4-7-15(14(17)2)8-5-11-20/h3-4,6-7,9-10,12,20H,11H2,1-2H3,(H,19,21). The molecule has 0 saturated heterocycles. The minimum Gasteiger partial charge on any atom is -0.384 e. The van der Waals surface area contributed by atoms with Crippen molar-refractivity contribution in [3.63, 3.8) is 0 Å². The number of nitrogens with one attached hydrogen (secondary N) is 1. The van der Waals surface area contributed by atoms with Gasteiger partial charge in [-0.25, -0.2) is 0 Å². The Hall–Kier alpha value is -2.57. The first-order valence-corrected chi connectivity index (χ1v) is 6.69. The van der Waals surface area contributed by atoms with E-state index in [0.29, 0.717) is 5.56 Å². The Morgan fingerprint density at radius 3 is 2.67 bits per heavy atom. The van der Waals surface area contributed by atoms with Gasteiger partial charge in [-0.05, 0) is 49.2 Å². The van der Waals surface area contributed by atoms with Gasteiger partial charge >= 0.3 is 0 Å². The number of aliphatic hydroxyl groups excluding tert-OH is 1. The van der Waals surface area contributed by atoms with Crippen molar-refractivity contribution in [2.24, 2.45) is 0 Å². The fourth-order valence-electron chi connectivity index (χ4n) is 2.07. The summed E-state index contributed by atoms with van der Waals surface area (Å²) in [5.41, 5.74) is 4.00. The molecule has 3 nitrogen and oxygen atoms in total. The largest absolute Gasteiger partial charge is 0.384 e. The van der Waals surface area contributed by atoms with Crippen LogP contribution < -0.4 is 5.32 Å². The van der Waals surface area contributed by atoms with Gasteiger partial charge in [0.25, 0.3) is 5.91 Å². The second-order valence-electron chi connectivity index (χ2n) is 4.76. The molecule has 0 radical (unpaired) electrons. The van der Waals surface area contributed by atoms with Crippen LogP contribution >= 0.6 is 0 Å². The molecule has 2 aromatic rings. The fourth-order valence-corrected chi connectivity index (χ4v) is 2.07. The Morgan fingerprint density at radius 2 is 1.95 bits per heavy atom. The van der Waals surface area contributed by atoms with Crippen LogP contribution in [0, 0.1) is 25.7 Å². The molecule has 0 saturated carbocycles. The number of carbonyl (C=O) groups is 1. The average molecular weight is 279 g/mol. The molecule has 0 unspecified atom stereocenters. The second kappa shape index (κ2) is 6.74. The van der Waals surface area contributed by atoms with Gasteiger partial charge in [-0.1, -0.05) is 30.0 Å². The molecule has 2 aromatic carbocycles. The number of carbonyl (C=O) groups excluding carboxylic acids is 1. The van der Waals surface area contributed by atoms with Gasteiger partial charge in [0.05, 0.1) is 0 Å². The summed E-state index contributed by atoms with van der Waals surface area (Å²) >= 11 is 0. The van der Waals surface area contributed by atoms with Crippen LogP contribution in [0.2, 0.25) is 0 Å². The number of aryl methyl sites for hydroxylation is 1. The summed E-state index contributed by atoms with van der Waals surface area (Å²) in [6.45, 7) is 3.64. The Bertz CT molecular complexity index is 723. The van der Waals surface area contributed by atoms with Crippen LogP contribution in [0.15, 0.2) is 42.5 Å². The number of rotatable bonds is 2. The van der Waals surface area contributed by atoms with Crippen molar-refractivity contribution >= 4 is 11.6 Å². The third-order valence-electron chi connectivity index (χ3n) is 3.16. The number of aliphatic hydroxyl groups is 1. The number of hydrogen-bond acceptors (Lipinski definition) is 2. The number of amides is 1. The molecule has 0 aliphatic rings. The van der Waals surface area contributed by atoms with Crippen molar-refractivity contribution in [2.45, 2.75) is 13.8 Å². The van der Waals surface area contributed by atoms with Crippen LogP contribution in [-0.2, 0) is 0 Å². The topological polar surface area (TPSA) is 49.3 Å². The minimum absolute atomic E-state index is 0.161. The van der Waals surface area contributed by atoms with E-state index in [9.17, 15) is 4.79 Å². The molecule has 0 heterocycles. The van der Waals surface area contributed by atoms with E-state index < -0.39 is 0 Å². The predicted molar refractivity (Wildman–Crippen MR) is 84.3 cm³/mol. The first-order chi connectivity index (χ1) is 10.1. The Morgan fingerprint density at radius 1 is 1.19 bits per heavy atom. The quantitative estimate of drug-likeness (QED) is 0.830. The second-order valence-corrected chi connectivity index (χ2v) is 4.76. The highest BCUT2D eigenvalue weighted by atomic mass is 16.2. The molecule has 0 aliphatic heterocycles. The average Bonchev–Trinajstić information content (AvgIpc) is 2.46. The van der Waals surface area contributed by atoms with Crippen LogP contribution in [0.4, 0.5) is 5.69 Å². The molecule has 0 fully saturated rings. The summed E-state index contributed by atoms with van der Waals surface area (Å²) in [6, 6.07) is 13.1. The lowest BCUT2D eigenvalue weighted by atomic mass is 10.0. The van der Waals surface area contributed by atoms with Crippen molar-refractivity contribution in [3.8, 4) is 11.8 Å². The first-order valence-electron chi connectivity index (χ1n) is 6.69. The number of anilines is 1. The van der Waals surface area contributed by atoms with Crippen LogP contribution in [0.1, 0.15) is 27.0 Å². The Balaban J connectivity index is 2.27. The fraction of sp³-hybridized carbons (Fsp3) is 0.167. The third kappa shape index (κ3) is 3.71. The molecule has 0 aromatic heterocycles. The maximum Gasteiger partial charge on any atom is 0.255 e. The highest BCUT2D eigenvalue weighted by molar-refractivity contribution is 6.05. The zero-order valence-electron chi connectivity index (χ0n) is 12.1. The molecule has 106 valence electrons. The summed E-state index contributed by atoms with van der Waals surface area (Å²) in [5, 5.41) is 11.7. The lowest BCUT2D eigenvalue weighted by molar-refractivity contribution is 0.102. The van der Waals surface area contributed by atoms with Gasteiger partial charge in [0, 0.05) is 16.8 Å². The molecule has 0 bridgehead atoms. The lowest BCUT2D eigenvalue weighted by Gasteiger charge is -2.09. The van der Waals surface area contributed by atoms with Crippen molar-refractivity contribution in [2.75, 3.05) is 11.9 Å². The summed E-state index contributed by atoms with van der Waals surface area (Å²) in [6.07, 6.45) is 0. The van der Waals surface area contributed by atoms with Crippen LogP contribution in [-0.4, -0.2) is 17.6 Å². The summed E-state index contributed by atoms with van der Waals surface area (Å²) < 4.78 is 0. The van der Waals surface area contributed by atoms with Crippen molar-refractivity contribution in [1.82, 2.24) is 0 Å². The first kappa shape index (κ1) is 14.8. The molecule has 0 aliphatic carbocycles. The normalized spacial score (nSPS) is 9.67. The van der Waals surface area contributed by atoms with E-state index in [1.54, 1.807) is 12.1 Å². The van der Waals surface area contributed by atoms with Gasteiger partial charge in [-0.3, -0.25) is 4.79 Å². The molecule has 1 amide bonds. The predicted octanol–water partition coefficient (Wildman–Crippen LogP) is 2.90. The van der Waals surface area contributed by atoms with Crippen LogP contribution in [0.25, 0.3) is 0 Å². The van der Waals surface area contributed by atoms with Crippen molar-refractivity contribution in [1.29, 1.82) is 0 Å². The van der Waals surface area contributed by atoms with E-state index in [4.69, 9.17) is 5.11 Å².